The lowest BCUT2D eigenvalue weighted by molar-refractivity contribution is -0.134. The number of hydrogen-bond donors (Lipinski definition) is 1. The van der Waals surface area contributed by atoms with Gasteiger partial charge in [-0.1, -0.05) is 28.9 Å². The number of carbonyl (C=O) groups is 1. The van der Waals surface area contributed by atoms with Crippen LogP contribution in [-0.2, 0) is 11.2 Å². The first-order valence-corrected chi connectivity index (χ1v) is 8.61. The van der Waals surface area contributed by atoms with Crippen molar-refractivity contribution in [3.05, 3.63) is 51.9 Å². The Labute approximate surface area is 147 Å². The SMILES string of the molecule is Cc1noc(C)c1CCC(=O)N1CCNCC1c1cccc(Cl)c1. The van der Waals surface area contributed by atoms with Crippen LogP contribution in [0.1, 0.15) is 35.0 Å². The molecule has 1 aliphatic heterocycles. The number of rotatable bonds is 4. The number of hydrogen-bond acceptors (Lipinski definition) is 4. The van der Waals surface area contributed by atoms with E-state index in [1.54, 1.807) is 0 Å². The first-order valence-electron chi connectivity index (χ1n) is 8.23. The number of halogens is 1. The zero-order chi connectivity index (χ0) is 17.1. The number of piperazine rings is 1. The van der Waals surface area contributed by atoms with Crippen LogP contribution < -0.4 is 5.32 Å². The van der Waals surface area contributed by atoms with Crippen LogP contribution in [0.2, 0.25) is 5.02 Å². The number of amides is 1. The van der Waals surface area contributed by atoms with E-state index in [1.807, 2.05) is 43.0 Å². The zero-order valence-electron chi connectivity index (χ0n) is 14.0. The highest BCUT2D eigenvalue weighted by Gasteiger charge is 2.28. The average molecular weight is 348 g/mol. The van der Waals surface area contributed by atoms with Gasteiger partial charge in [0.1, 0.15) is 5.76 Å². The quantitative estimate of drug-likeness (QED) is 0.923. The third-order valence-corrected chi connectivity index (χ3v) is 4.80. The molecule has 0 saturated carbocycles. The molecule has 24 heavy (non-hydrogen) atoms. The number of aryl methyl sites for hydroxylation is 2. The van der Waals surface area contributed by atoms with Crippen molar-refractivity contribution >= 4 is 17.5 Å². The maximum Gasteiger partial charge on any atom is 0.223 e. The fraction of sp³-hybridized carbons (Fsp3) is 0.444. The van der Waals surface area contributed by atoms with Crippen molar-refractivity contribution in [2.75, 3.05) is 19.6 Å². The minimum absolute atomic E-state index is 0.0228. The highest BCUT2D eigenvalue weighted by atomic mass is 35.5. The first kappa shape index (κ1) is 17.0. The number of nitrogens with zero attached hydrogens (tertiary/aromatic N) is 2. The third-order valence-electron chi connectivity index (χ3n) is 4.57. The van der Waals surface area contributed by atoms with Gasteiger partial charge in [0.2, 0.25) is 5.91 Å². The molecule has 1 aromatic carbocycles. The second kappa shape index (κ2) is 7.36. The molecule has 1 unspecified atom stereocenters. The Kier molecular flexibility index (Phi) is 5.21. The van der Waals surface area contributed by atoms with Crippen LogP contribution in [-0.4, -0.2) is 35.6 Å². The lowest BCUT2D eigenvalue weighted by Gasteiger charge is -2.36. The van der Waals surface area contributed by atoms with E-state index < -0.39 is 0 Å². The highest BCUT2D eigenvalue weighted by molar-refractivity contribution is 6.30. The Balaban J connectivity index is 1.72. The largest absolute Gasteiger partial charge is 0.361 e. The Morgan fingerprint density at radius 3 is 3.00 bits per heavy atom. The molecule has 6 heteroatoms. The van der Waals surface area contributed by atoms with Gasteiger partial charge in [-0.15, -0.1) is 0 Å². The molecule has 0 aliphatic carbocycles. The van der Waals surface area contributed by atoms with E-state index in [1.165, 1.54) is 0 Å². The van der Waals surface area contributed by atoms with E-state index in [9.17, 15) is 4.79 Å². The van der Waals surface area contributed by atoms with Crippen molar-refractivity contribution in [2.45, 2.75) is 32.7 Å². The van der Waals surface area contributed by atoms with Gasteiger partial charge in [-0.2, -0.15) is 0 Å². The molecule has 3 rings (SSSR count). The number of carbonyl (C=O) groups excluding carboxylic acids is 1. The molecule has 1 atom stereocenters. The van der Waals surface area contributed by atoms with Crippen molar-refractivity contribution in [2.24, 2.45) is 0 Å². The standard InChI is InChI=1S/C18H22ClN3O2/c1-12-16(13(2)24-21-12)6-7-18(23)22-9-8-20-11-17(22)14-4-3-5-15(19)10-14/h3-5,10,17,20H,6-9,11H2,1-2H3. The van der Waals surface area contributed by atoms with E-state index in [0.29, 0.717) is 24.4 Å². The van der Waals surface area contributed by atoms with Crippen molar-refractivity contribution in [1.82, 2.24) is 15.4 Å². The molecule has 2 heterocycles. The summed E-state index contributed by atoms with van der Waals surface area (Å²) < 4.78 is 5.18. The Morgan fingerprint density at radius 2 is 2.29 bits per heavy atom. The summed E-state index contributed by atoms with van der Waals surface area (Å²) in [7, 11) is 0. The molecule has 0 spiro atoms. The van der Waals surface area contributed by atoms with E-state index in [2.05, 4.69) is 10.5 Å². The van der Waals surface area contributed by atoms with E-state index >= 15 is 0 Å². The van der Waals surface area contributed by atoms with Crippen LogP contribution in [0.5, 0.6) is 0 Å². The predicted molar refractivity (Wildman–Crippen MR) is 93.1 cm³/mol. The summed E-state index contributed by atoms with van der Waals surface area (Å²) >= 11 is 6.11. The van der Waals surface area contributed by atoms with E-state index in [0.717, 1.165) is 35.7 Å². The van der Waals surface area contributed by atoms with Gasteiger partial charge < -0.3 is 14.7 Å². The molecule has 1 amide bonds. The molecule has 1 fully saturated rings. The summed E-state index contributed by atoms with van der Waals surface area (Å²) in [5, 5.41) is 8.01. The van der Waals surface area contributed by atoms with Gasteiger partial charge in [0.05, 0.1) is 11.7 Å². The normalized spacial score (nSPS) is 18.0. The van der Waals surface area contributed by atoms with Crippen LogP contribution in [0.25, 0.3) is 0 Å². The van der Waals surface area contributed by atoms with Crippen LogP contribution in [0.15, 0.2) is 28.8 Å². The summed E-state index contributed by atoms with van der Waals surface area (Å²) in [6.07, 6.45) is 1.12. The molecule has 1 N–H and O–H groups in total. The fourth-order valence-electron chi connectivity index (χ4n) is 3.25. The van der Waals surface area contributed by atoms with Crippen molar-refractivity contribution in [1.29, 1.82) is 0 Å². The summed E-state index contributed by atoms with van der Waals surface area (Å²) in [5.74, 6) is 0.952. The Hall–Kier alpha value is -1.85. The predicted octanol–water partition coefficient (Wildman–Crippen LogP) is 3.05. The maximum atomic E-state index is 12.8. The van der Waals surface area contributed by atoms with Crippen LogP contribution in [0.4, 0.5) is 0 Å². The van der Waals surface area contributed by atoms with Gasteiger partial charge in [-0.25, -0.2) is 0 Å². The van der Waals surface area contributed by atoms with Gasteiger partial charge in [-0.05, 0) is 38.0 Å². The second-order valence-electron chi connectivity index (χ2n) is 6.16. The lowest BCUT2D eigenvalue weighted by Crippen LogP contribution is -2.48. The first-order chi connectivity index (χ1) is 11.6. The van der Waals surface area contributed by atoms with Crippen LogP contribution >= 0.6 is 11.6 Å². The van der Waals surface area contributed by atoms with Crippen molar-refractivity contribution < 1.29 is 9.32 Å². The summed E-state index contributed by atoms with van der Waals surface area (Å²) in [6.45, 7) is 6.07. The average Bonchev–Trinajstić information content (AvgIpc) is 2.91. The molecule has 1 aliphatic rings. The molecule has 0 radical (unpaired) electrons. The van der Waals surface area contributed by atoms with Gasteiger partial charge in [0.15, 0.2) is 0 Å². The van der Waals surface area contributed by atoms with Crippen molar-refractivity contribution in [3.63, 3.8) is 0 Å². The lowest BCUT2D eigenvalue weighted by atomic mass is 10.0. The van der Waals surface area contributed by atoms with Gasteiger partial charge >= 0.3 is 0 Å². The van der Waals surface area contributed by atoms with Crippen LogP contribution in [0.3, 0.4) is 0 Å². The molecule has 0 bridgehead atoms. The minimum atomic E-state index is 0.0228. The van der Waals surface area contributed by atoms with Gasteiger partial charge in [0, 0.05) is 36.6 Å². The molecular weight excluding hydrogens is 326 g/mol. The third kappa shape index (κ3) is 3.62. The van der Waals surface area contributed by atoms with E-state index in [-0.39, 0.29) is 11.9 Å². The molecule has 1 aromatic heterocycles. The molecule has 1 saturated heterocycles. The number of aromatic nitrogens is 1. The molecule has 128 valence electrons. The Bertz CT molecular complexity index is 709. The number of benzene rings is 1. The number of nitrogens with one attached hydrogen (secondary N) is 1. The Morgan fingerprint density at radius 1 is 1.46 bits per heavy atom. The van der Waals surface area contributed by atoms with Gasteiger partial charge in [-0.3, -0.25) is 4.79 Å². The van der Waals surface area contributed by atoms with Crippen molar-refractivity contribution in [3.8, 4) is 0 Å². The smallest absolute Gasteiger partial charge is 0.223 e. The van der Waals surface area contributed by atoms with Crippen LogP contribution in [0, 0.1) is 13.8 Å². The molecular formula is C18H22ClN3O2. The topological polar surface area (TPSA) is 58.4 Å². The highest BCUT2D eigenvalue weighted by Crippen LogP contribution is 2.26. The fourth-order valence-corrected chi connectivity index (χ4v) is 3.45. The zero-order valence-corrected chi connectivity index (χ0v) is 14.8. The van der Waals surface area contributed by atoms with Gasteiger partial charge in [0.25, 0.3) is 0 Å². The summed E-state index contributed by atoms with van der Waals surface area (Å²) in [6, 6.07) is 7.77. The molecule has 2 aromatic rings. The minimum Gasteiger partial charge on any atom is -0.361 e. The monoisotopic (exact) mass is 347 g/mol. The second-order valence-corrected chi connectivity index (χ2v) is 6.60. The maximum absolute atomic E-state index is 12.8. The van der Waals surface area contributed by atoms with E-state index in [4.69, 9.17) is 16.1 Å². The summed E-state index contributed by atoms with van der Waals surface area (Å²) in [5.41, 5.74) is 2.98. The molecule has 5 nitrogen and oxygen atoms in total. The summed E-state index contributed by atoms with van der Waals surface area (Å²) in [4.78, 5) is 14.8.